The van der Waals surface area contributed by atoms with Crippen LogP contribution in [0.1, 0.15) is 13.8 Å². The molecule has 0 saturated heterocycles. The summed E-state index contributed by atoms with van der Waals surface area (Å²) in [7, 11) is -3.61. The van der Waals surface area contributed by atoms with Crippen LogP contribution < -0.4 is 5.73 Å². The highest BCUT2D eigenvalue weighted by Crippen LogP contribution is 2.25. The Hall–Kier alpha value is -0.820. The standard InChI is InChI=1S/C12H19ClN2O3S/c1-3-15(7-8-18-4-2)19(16,17)12-6-5-10(13)9-11(12)14/h5-6,9H,3-4,7-8,14H2,1-2H3. The first-order valence-electron chi connectivity index (χ1n) is 6.06. The fourth-order valence-electron chi connectivity index (χ4n) is 1.65. The van der Waals surface area contributed by atoms with Crippen LogP contribution in [0.4, 0.5) is 5.69 Å². The monoisotopic (exact) mass is 306 g/mol. The van der Waals surface area contributed by atoms with Gasteiger partial charge in [0.2, 0.25) is 10.0 Å². The average Bonchev–Trinajstić information content (AvgIpc) is 2.33. The van der Waals surface area contributed by atoms with E-state index in [1.54, 1.807) is 6.92 Å². The molecule has 0 aliphatic heterocycles. The first-order chi connectivity index (χ1) is 8.93. The third-order valence-corrected chi connectivity index (χ3v) is 4.91. The van der Waals surface area contributed by atoms with Gasteiger partial charge in [-0.2, -0.15) is 4.31 Å². The molecule has 0 bridgehead atoms. The van der Waals surface area contributed by atoms with Gasteiger partial charge in [0, 0.05) is 24.7 Å². The Kier molecular flexibility index (Phi) is 6.06. The van der Waals surface area contributed by atoms with Crippen LogP contribution in [0.25, 0.3) is 0 Å². The van der Waals surface area contributed by atoms with E-state index in [0.717, 1.165) is 0 Å². The van der Waals surface area contributed by atoms with Crippen molar-refractivity contribution in [2.75, 3.05) is 32.0 Å². The van der Waals surface area contributed by atoms with Gasteiger partial charge in [-0.3, -0.25) is 0 Å². The summed E-state index contributed by atoms with van der Waals surface area (Å²) >= 11 is 5.77. The van der Waals surface area contributed by atoms with Gasteiger partial charge in [-0.25, -0.2) is 8.42 Å². The summed E-state index contributed by atoms with van der Waals surface area (Å²) in [5.74, 6) is 0. The molecule has 0 amide bonds. The first-order valence-corrected chi connectivity index (χ1v) is 7.88. The summed E-state index contributed by atoms with van der Waals surface area (Å²) in [5, 5.41) is 0.411. The second-order valence-corrected chi connectivity index (χ2v) is 6.22. The maximum Gasteiger partial charge on any atom is 0.245 e. The van der Waals surface area contributed by atoms with Crippen LogP contribution in [0.5, 0.6) is 0 Å². The van der Waals surface area contributed by atoms with E-state index in [9.17, 15) is 8.42 Å². The normalized spacial score (nSPS) is 12.0. The van der Waals surface area contributed by atoms with Crippen LogP contribution in [-0.2, 0) is 14.8 Å². The Labute approximate surface area is 119 Å². The third kappa shape index (κ3) is 4.07. The van der Waals surface area contributed by atoms with Crippen molar-refractivity contribution in [3.8, 4) is 0 Å². The molecule has 0 aromatic heterocycles. The topological polar surface area (TPSA) is 72.6 Å². The molecule has 0 spiro atoms. The van der Waals surface area contributed by atoms with Gasteiger partial charge in [0.25, 0.3) is 0 Å². The molecule has 108 valence electrons. The molecule has 0 heterocycles. The number of hydrogen-bond acceptors (Lipinski definition) is 4. The zero-order valence-electron chi connectivity index (χ0n) is 11.1. The molecular formula is C12H19ClN2O3S. The van der Waals surface area contributed by atoms with Gasteiger partial charge in [-0.1, -0.05) is 18.5 Å². The van der Waals surface area contributed by atoms with Crippen LogP contribution in [-0.4, -0.2) is 39.0 Å². The minimum Gasteiger partial charge on any atom is -0.398 e. The second-order valence-electron chi connectivity index (χ2n) is 3.88. The van der Waals surface area contributed by atoms with Crippen molar-refractivity contribution in [3.05, 3.63) is 23.2 Å². The SMILES string of the molecule is CCOCCN(CC)S(=O)(=O)c1ccc(Cl)cc1N. The van der Waals surface area contributed by atoms with Crippen molar-refractivity contribution in [2.24, 2.45) is 0 Å². The molecule has 0 saturated carbocycles. The van der Waals surface area contributed by atoms with Crippen LogP contribution in [0.2, 0.25) is 5.02 Å². The van der Waals surface area contributed by atoms with Crippen LogP contribution in [0.15, 0.2) is 23.1 Å². The Bertz CT molecular complexity index is 520. The number of halogens is 1. The fraction of sp³-hybridized carbons (Fsp3) is 0.500. The minimum absolute atomic E-state index is 0.0789. The van der Waals surface area contributed by atoms with Gasteiger partial charge >= 0.3 is 0 Å². The molecule has 0 unspecified atom stereocenters. The van der Waals surface area contributed by atoms with Crippen molar-refractivity contribution in [3.63, 3.8) is 0 Å². The number of benzene rings is 1. The lowest BCUT2D eigenvalue weighted by Crippen LogP contribution is -2.34. The maximum absolute atomic E-state index is 12.4. The number of nitrogens with zero attached hydrogens (tertiary/aromatic N) is 1. The molecule has 0 fully saturated rings. The molecule has 1 aromatic carbocycles. The van der Waals surface area contributed by atoms with Crippen LogP contribution in [0, 0.1) is 0 Å². The molecule has 19 heavy (non-hydrogen) atoms. The van der Waals surface area contributed by atoms with Gasteiger partial charge in [-0.05, 0) is 25.1 Å². The lowest BCUT2D eigenvalue weighted by Gasteiger charge is -2.21. The van der Waals surface area contributed by atoms with Gasteiger partial charge in [0.15, 0.2) is 0 Å². The van der Waals surface area contributed by atoms with Crippen molar-refractivity contribution in [2.45, 2.75) is 18.7 Å². The largest absolute Gasteiger partial charge is 0.398 e. The van der Waals surface area contributed by atoms with Gasteiger partial charge in [0.1, 0.15) is 4.90 Å². The number of ether oxygens (including phenoxy) is 1. The quantitative estimate of drug-likeness (QED) is 0.617. The van der Waals surface area contributed by atoms with Gasteiger partial charge < -0.3 is 10.5 Å². The van der Waals surface area contributed by atoms with E-state index in [2.05, 4.69) is 0 Å². The Morgan fingerprint density at radius 1 is 1.37 bits per heavy atom. The van der Waals surface area contributed by atoms with Crippen molar-refractivity contribution in [1.82, 2.24) is 4.31 Å². The van der Waals surface area contributed by atoms with E-state index >= 15 is 0 Å². The van der Waals surface area contributed by atoms with Crippen molar-refractivity contribution < 1.29 is 13.2 Å². The predicted molar refractivity (Wildman–Crippen MR) is 76.8 cm³/mol. The number of anilines is 1. The zero-order valence-corrected chi connectivity index (χ0v) is 12.7. The highest BCUT2D eigenvalue weighted by atomic mass is 35.5. The molecule has 5 nitrogen and oxygen atoms in total. The molecule has 0 atom stereocenters. The van der Waals surface area contributed by atoms with Gasteiger partial charge in [-0.15, -0.1) is 0 Å². The third-order valence-electron chi connectivity index (χ3n) is 2.63. The number of likely N-dealkylation sites (N-methyl/N-ethyl adjacent to an activating group) is 1. The maximum atomic E-state index is 12.4. The second kappa shape index (κ2) is 7.09. The predicted octanol–water partition coefficient (Wildman–Crippen LogP) is 1.97. The van der Waals surface area contributed by atoms with E-state index in [1.165, 1.54) is 22.5 Å². The molecule has 1 aromatic rings. The minimum atomic E-state index is -3.61. The summed E-state index contributed by atoms with van der Waals surface area (Å²) in [5.41, 5.74) is 5.89. The average molecular weight is 307 g/mol. The highest BCUT2D eigenvalue weighted by molar-refractivity contribution is 7.89. The van der Waals surface area contributed by atoms with E-state index in [0.29, 0.717) is 31.3 Å². The number of nitrogen functional groups attached to an aromatic ring is 1. The summed E-state index contributed by atoms with van der Waals surface area (Å²) in [6.45, 7) is 5.21. The highest BCUT2D eigenvalue weighted by Gasteiger charge is 2.25. The molecule has 0 aliphatic carbocycles. The Morgan fingerprint density at radius 3 is 2.58 bits per heavy atom. The Balaban J connectivity index is 2.99. The first kappa shape index (κ1) is 16.2. The van der Waals surface area contributed by atoms with E-state index < -0.39 is 10.0 Å². The zero-order chi connectivity index (χ0) is 14.5. The summed E-state index contributed by atoms with van der Waals surface area (Å²) in [6.07, 6.45) is 0. The van der Waals surface area contributed by atoms with Gasteiger partial charge in [0.05, 0.1) is 12.3 Å². The van der Waals surface area contributed by atoms with E-state index in [4.69, 9.17) is 22.1 Å². The smallest absolute Gasteiger partial charge is 0.245 e. The van der Waals surface area contributed by atoms with Crippen LogP contribution >= 0.6 is 11.6 Å². The van der Waals surface area contributed by atoms with Crippen molar-refractivity contribution >= 4 is 27.3 Å². The molecule has 1 rings (SSSR count). The molecule has 7 heteroatoms. The molecular weight excluding hydrogens is 288 g/mol. The molecule has 0 aliphatic rings. The number of hydrogen-bond donors (Lipinski definition) is 1. The van der Waals surface area contributed by atoms with E-state index in [1.807, 2.05) is 6.92 Å². The molecule has 2 N–H and O–H groups in total. The summed E-state index contributed by atoms with van der Waals surface area (Å²) in [4.78, 5) is 0.0789. The molecule has 0 radical (unpaired) electrons. The van der Waals surface area contributed by atoms with Crippen LogP contribution in [0.3, 0.4) is 0 Å². The van der Waals surface area contributed by atoms with Crippen molar-refractivity contribution in [1.29, 1.82) is 0 Å². The number of sulfonamides is 1. The number of nitrogens with two attached hydrogens (primary N) is 1. The summed E-state index contributed by atoms with van der Waals surface area (Å²) < 4.78 is 31.4. The Morgan fingerprint density at radius 2 is 2.05 bits per heavy atom. The number of rotatable bonds is 7. The lowest BCUT2D eigenvalue weighted by molar-refractivity contribution is 0.135. The van der Waals surface area contributed by atoms with E-state index in [-0.39, 0.29) is 10.6 Å². The fourth-order valence-corrected chi connectivity index (χ4v) is 3.36. The lowest BCUT2D eigenvalue weighted by atomic mass is 10.3. The summed E-state index contributed by atoms with van der Waals surface area (Å²) in [6, 6.07) is 4.38.